The molecule has 1 aromatic heterocycles. The lowest BCUT2D eigenvalue weighted by molar-refractivity contribution is -0.129. The molecule has 0 aliphatic carbocycles. The number of amides is 2. The smallest absolute Gasteiger partial charge is 0.270 e. The molecular formula is C19H23ClN4O2. The van der Waals surface area contributed by atoms with Crippen molar-refractivity contribution in [1.82, 2.24) is 20.1 Å². The number of rotatable bonds is 4. The van der Waals surface area contributed by atoms with Crippen molar-refractivity contribution in [2.24, 2.45) is 11.8 Å². The van der Waals surface area contributed by atoms with E-state index < -0.39 is 0 Å². The van der Waals surface area contributed by atoms with E-state index >= 15 is 0 Å². The molecule has 1 aromatic carbocycles. The van der Waals surface area contributed by atoms with Gasteiger partial charge >= 0.3 is 0 Å². The summed E-state index contributed by atoms with van der Waals surface area (Å²) in [4.78, 5) is 32.0. The molecule has 1 unspecified atom stereocenters. The molecule has 7 heteroatoms. The van der Waals surface area contributed by atoms with Gasteiger partial charge in [0.25, 0.3) is 5.91 Å². The zero-order valence-electron chi connectivity index (χ0n) is 14.8. The van der Waals surface area contributed by atoms with Crippen molar-refractivity contribution in [1.29, 1.82) is 0 Å². The third kappa shape index (κ3) is 3.31. The molecule has 138 valence electrons. The highest BCUT2D eigenvalue weighted by Crippen LogP contribution is 2.26. The number of H-pyrrole nitrogens is 1. The van der Waals surface area contributed by atoms with Crippen LogP contribution in [0.15, 0.2) is 24.3 Å². The first-order valence-electron chi connectivity index (χ1n) is 9.04. The van der Waals surface area contributed by atoms with Crippen LogP contribution in [0.2, 0.25) is 5.02 Å². The molecule has 0 bridgehead atoms. The molecule has 0 radical (unpaired) electrons. The Morgan fingerprint density at radius 2 is 2.12 bits per heavy atom. The number of nitrogens with one attached hydrogen (secondary N) is 2. The Bertz CT molecular complexity index is 843. The van der Waals surface area contributed by atoms with Crippen molar-refractivity contribution >= 4 is 34.3 Å². The van der Waals surface area contributed by atoms with E-state index in [9.17, 15) is 9.59 Å². The van der Waals surface area contributed by atoms with E-state index in [2.05, 4.69) is 22.2 Å². The van der Waals surface area contributed by atoms with Gasteiger partial charge in [-0.15, -0.1) is 0 Å². The second-order valence-corrected chi connectivity index (χ2v) is 7.86. The summed E-state index contributed by atoms with van der Waals surface area (Å²) in [6, 6.07) is 7.33. The number of aromatic amines is 1. The average molecular weight is 375 g/mol. The summed E-state index contributed by atoms with van der Waals surface area (Å²) in [5.74, 6) is 0.408. The molecule has 0 spiro atoms. The van der Waals surface area contributed by atoms with E-state index in [-0.39, 0.29) is 17.7 Å². The summed E-state index contributed by atoms with van der Waals surface area (Å²) in [6.07, 6.45) is 1.13. The molecule has 6 nitrogen and oxygen atoms in total. The van der Waals surface area contributed by atoms with Gasteiger partial charge in [0.05, 0.1) is 5.92 Å². The average Bonchev–Trinajstić information content (AvgIpc) is 3.18. The largest absolute Gasteiger partial charge is 0.355 e. The van der Waals surface area contributed by atoms with E-state index in [1.54, 1.807) is 17.0 Å². The van der Waals surface area contributed by atoms with Crippen LogP contribution in [0.25, 0.3) is 10.9 Å². The summed E-state index contributed by atoms with van der Waals surface area (Å²) in [7, 11) is 2.11. The summed E-state index contributed by atoms with van der Waals surface area (Å²) in [5.41, 5.74) is 1.36. The van der Waals surface area contributed by atoms with Gasteiger partial charge in [-0.2, -0.15) is 0 Å². The second kappa shape index (κ2) is 6.93. The highest BCUT2D eigenvalue weighted by atomic mass is 35.5. The molecular weight excluding hydrogens is 352 g/mol. The van der Waals surface area contributed by atoms with E-state index in [4.69, 9.17) is 11.6 Å². The van der Waals surface area contributed by atoms with Gasteiger partial charge in [-0.3, -0.25) is 9.59 Å². The minimum absolute atomic E-state index is 0.0586. The number of aromatic nitrogens is 1. The van der Waals surface area contributed by atoms with Crippen LogP contribution < -0.4 is 5.32 Å². The molecule has 2 aliphatic rings. The predicted molar refractivity (Wildman–Crippen MR) is 101 cm³/mol. The van der Waals surface area contributed by atoms with Gasteiger partial charge in [0, 0.05) is 42.1 Å². The molecule has 2 aromatic rings. The van der Waals surface area contributed by atoms with E-state index in [1.165, 1.54) is 0 Å². The third-order valence-electron chi connectivity index (χ3n) is 5.43. The summed E-state index contributed by atoms with van der Waals surface area (Å²) in [6.45, 7) is 3.81. The molecule has 2 saturated heterocycles. The zero-order valence-corrected chi connectivity index (χ0v) is 15.6. The van der Waals surface area contributed by atoms with Gasteiger partial charge in [0.15, 0.2) is 0 Å². The van der Waals surface area contributed by atoms with Crippen molar-refractivity contribution in [3.8, 4) is 0 Å². The Labute approximate surface area is 157 Å². The summed E-state index contributed by atoms with van der Waals surface area (Å²) < 4.78 is 0. The number of carbonyl (C=O) groups is 2. The highest BCUT2D eigenvalue weighted by Gasteiger charge is 2.36. The fraction of sp³-hybridized carbons (Fsp3) is 0.474. The quantitative estimate of drug-likeness (QED) is 0.859. The predicted octanol–water partition coefficient (Wildman–Crippen LogP) is 1.96. The number of fused-ring (bicyclic) bond motifs is 1. The minimum Gasteiger partial charge on any atom is -0.355 e. The van der Waals surface area contributed by atoms with Crippen molar-refractivity contribution in [2.45, 2.75) is 6.42 Å². The molecule has 4 rings (SSSR count). The minimum atomic E-state index is -0.106. The van der Waals surface area contributed by atoms with Crippen molar-refractivity contribution < 1.29 is 9.59 Å². The Kier molecular flexibility index (Phi) is 4.63. The lowest BCUT2D eigenvalue weighted by atomic mass is 9.98. The standard InChI is InChI=1S/C19H23ClN4O2/c1-23-6-5-12(9-23)8-21-18(25)13-10-24(11-13)19(26)17-7-14-15(20)3-2-4-16(14)22-17/h2-4,7,12-13,22H,5-6,8-11H2,1H3,(H,21,25). The van der Waals surface area contributed by atoms with Crippen molar-refractivity contribution in [3.05, 3.63) is 35.0 Å². The Balaban J connectivity index is 1.30. The zero-order chi connectivity index (χ0) is 18.3. The monoisotopic (exact) mass is 374 g/mol. The van der Waals surface area contributed by atoms with Crippen molar-refractivity contribution in [3.63, 3.8) is 0 Å². The Hall–Kier alpha value is -2.05. The topological polar surface area (TPSA) is 68.4 Å². The van der Waals surface area contributed by atoms with Gasteiger partial charge < -0.3 is 20.1 Å². The SMILES string of the molecule is CN1CCC(CNC(=O)C2CN(C(=O)c3cc4c(Cl)cccc4[nH]3)C2)C1. The van der Waals surface area contributed by atoms with Gasteiger partial charge in [-0.1, -0.05) is 17.7 Å². The Morgan fingerprint density at radius 3 is 2.81 bits per heavy atom. The maximum Gasteiger partial charge on any atom is 0.270 e. The number of hydrogen-bond acceptors (Lipinski definition) is 3. The van der Waals surface area contributed by atoms with Crippen LogP contribution in [0.5, 0.6) is 0 Å². The van der Waals surface area contributed by atoms with Crippen LogP contribution in [-0.4, -0.2) is 66.4 Å². The normalized spacial score (nSPS) is 21.2. The van der Waals surface area contributed by atoms with Gasteiger partial charge in [0.2, 0.25) is 5.91 Å². The van der Waals surface area contributed by atoms with Gasteiger partial charge in [0.1, 0.15) is 5.69 Å². The van der Waals surface area contributed by atoms with Crippen LogP contribution in [0.1, 0.15) is 16.9 Å². The summed E-state index contributed by atoms with van der Waals surface area (Å²) >= 11 is 6.16. The van der Waals surface area contributed by atoms with Gasteiger partial charge in [-0.05, 0) is 44.1 Å². The molecule has 0 saturated carbocycles. The highest BCUT2D eigenvalue weighted by molar-refractivity contribution is 6.35. The van der Waals surface area contributed by atoms with E-state index in [0.29, 0.717) is 29.7 Å². The number of hydrogen-bond donors (Lipinski definition) is 2. The first kappa shape index (κ1) is 17.4. The molecule has 3 heterocycles. The first-order valence-corrected chi connectivity index (χ1v) is 9.42. The lowest BCUT2D eigenvalue weighted by Crippen LogP contribution is -2.56. The maximum absolute atomic E-state index is 12.6. The van der Waals surface area contributed by atoms with E-state index in [1.807, 2.05) is 12.1 Å². The number of nitrogens with zero attached hydrogens (tertiary/aromatic N) is 2. The Morgan fingerprint density at radius 1 is 1.31 bits per heavy atom. The first-order chi connectivity index (χ1) is 12.5. The van der Waals surface area contributed by atoms with Crippen LogP contribution >= 0.6 is 11.6 Å². The van der Waals surface area contributed by atoms with Gasteiger partial charge in [-0.25, -0.2) is 0 Å². The molecule has 2 fully saturated rings. The molecule has 2 aliphatic heterocycles. The van der Waals surface area contributed by atoms with Crippen LogP contribution in [0, 0.1) is 11.8 Å². The van der Waals surface area contributed by atoms with Crippen LogP contribution in [0.4, 0.5) is 0 Å². The summed E-state index contributed by atoms with van der Waals surface area (Å²) in [5, 5.41) is 4.51. The number of benzene rings is 1. The van der Waals surface area contributed by atoms with Crippen molar-refractivity contribution in [2.75, 3.05) is 39.8 Å². The second-order valence-electron chi connectivity index (χ2n) is 7.45. The molecule has 2 amide bonds. The maximum atomic E-state index is 12.6. The fourth-order valence-electron chi connectivity index (χ4n) is 3.80. The number of likely N-dealkylation sites (tertiary alicyclic amines) is 2. The molecule has 26 heavy (non-hydrogen) atoms. The third-order valence-corrected chi connectivity index (χ3v) is 5.76. The van der Waals surface area contributed by atoms with Crippen LogP contribution in [-0.2, 0) is 4.79 Å². The number of carbonyl (C=O) groups excluding carboxylic acids is 2. The number of halogens is 1. The van der Waals surface area contributed by atoms with Crippen LogP contribution in [0.3, 0.4) is 0 Å². The molecule has 1 atom stereocenters. The van der Waals surface area contributed by atoms with E-state index in [0.717, 1.165) is 37.0 Å². The lowest BCUT2D eigenvalue weighted by Gasteiger charge is -2.38. The molecule has 2 N–H and O–H groups in total. The fourth-order valence-corrected chi connectivity index (χ4v) is 4.03.